The first-order chi connectivity index (χ1) is 11.6. The zero-order chi connectivity index (χ0) is 17.4. The summed E-state index contributed by atoms with van der Waals surface area (Å²) in [6.45, 7) is 4.15. The summed E-state index contributed by atoms with van der Waals surface area (Å²) in [6, 6.07) is 7.06. The molecule has 2 amide bonds. The van der Waals surface area contributed by atoms with Gasteiger partial charge in [-0.05, 0) is 56.9 Å². The molecule has 2 N–H and O–H groups in total. The molecular formula is C18H26N2O4. The number of amides is 2. The predicted octanol–water partition coefficient (Wildman–Crippen LogP) is 2.58. The Morgan fingerprint density at radius 3 is 2.38 bits per heavy atom. The van der Waals surface area contributed by atoms with Gasteiger partial charge in [-0.15, -0.1) is 0 Å². The molecule has 1 aromatic rings. The van der Waals surface area contributed by atoms with Gasteiger partial charge < -0.3 is 9.47 Å². The minimum atomic E-state index is -0.713. The van der Waals surface area contributed by atoms with E-state index in [9.17, 15) is 9.59 Å². The van der Waals surface area contributed by atoms with Gasteiger partial charge in [0, 0.05) is 6.42 Å². The third-order valence-electron chi connectivity index (χ3n) is 4.09. The number of carbonyl (C=O) groups is 2. The molecule has 0 heterocycles. The fourth-order valence-corrected chi connectivity index (χ4v) is 2.80. The van der Waals surface area contributed by atoms with Gasteiger partial charge in [-0.1, -0.05) is 12.8 Å². The maximum Gasteiger partial charge on any atom is 0.279 e. The van der Waals surface area contributed by atoms with Crippen molar-refractivity contribution in [2.75, 3.05) is 6.61 Å². The molecule has 0 unspecified atom stereocenters. The van der Waals surface area contributed by atoms with Gasteiger partial charge in [-0.3, -0.25) is 20.4 Å². The molecule has 24 heavy (non-hydrogen) atoms. The van der Waals surface area contributed by atoms with Crippen LogP contribution in [0, 0.1) is 5.92 Å². The summed E-state index contributed by atoms with van der Waals surface area (Å²) in [5, 5.41) is 0. The van der Waals surface area contributed by atoms with E-state index in [4.69, 9.17) is 9.47 Å². The average Bonchev–Trinajstić information content (AvgIpc) is 3.07. The zero-order valence-electron chi connectivity index (χ0n) is 14.3. The van der Waals surface area contributed by atoms with Crippen LogP contribution < -0.4 is 20.3 Å². The summed E-state index contributed by atoms with van der Waals surface area (Å²) in [5.74, 6) is 1.23. The first-order valence-corrected chi connectivity index (χ1v) is 8.56. The first kappa shape index (κ1) is 18.1. The van der Waals surface area contributed by atoms with E-state index in [1.165, 1.54) is 12.8 Å². The Labute approximate surface area is 142 Å². The molecule has 0 saturated heterocycles. The molecule has 0 aliphatic heterocycles. The van der Waals surface area contributed by atoms with E-state index in [0.717, 1.165) is 18.6 Å². The van der Waals surface area contributed by atoms with E-state index in [0.29, 0.717) is 24.7 Å². The average molecular weight is 334 g/mol. The maximum absolute atomic E-state index is 12.0. The highest BCUT2D eigenvalue weighted by molar-refractivity contribution is 5.84. The molecule has 1 atom stereocenters. The van der Waals surface area contributed by atoms with Crippen LogP contribution in [0.15, 0.2) is 24.3 Å². The number of hydrazine groups is 1. The second kappa shape index (κ2) is 9.15. The van der Waals surface area contributed by atoms with Crippen molar-refractivity contribution in [1.29, 1.82) is 0 Å². The number of benzene rings is 1. The van der Waals surface area contributed by atoms with Crippen molar-refractivity contribution in [3.8, 4) is 11.5 Å². The predicted molar refractivity (Wildman–Crippen MR) is 90.6 cm³/mol. The van der Waals surface area contributed by atoms with Crippen LogP contribution in [0.2, 0.25) is 0 Å². The molecule has 2 rings (SSSR count). The zero-order valence-corrected chi connectivity index (χ0v) is 14.3. The van der Waals surface area contributed by atoms with Crippen LogP contribution in [0.1, 0.15) is 46.0 Å². The molecule has 0 bridgehead atoms. The van der Waals surface area contributed by atoms with Crippen molar-refractivity contribution < 1.29 is 19.1 Å². The Balaban J connectivity index is 1.71. The molecule has 0 aromatic heterocycles. The van der Waals surface area contributed by atoms with Gasteiger partial charge in [-0.2, -0.15) is 0 Å². The molecule has 1 aliphatic rings. The topological polar surface area (TPSA) is 76.7 Å². The summed E-state index contributed by atoms with van der Waals surface area (Å²) < 4.78 is 10.9. The van der Waals surface area contributed by atoms with Gasteiger partial charge in [0.25, 0.3) is 5.91 Å². The van der Waals surface area contributed by atoms with E-state index < -0.39 is 6.10 Å². The standard InChI is InChI=1S/C18H26N2O4/c1-3-23-15-8-10-16(11-9-15)24-13(2)18(22)20-19-17(21)12-14-6-4-5-7-14/h8-11,13-14H,3-7,12H2,1-2H3,(H,19,21)(H,20,22)/t13-/m0/s1. The fraction of sp³-hybridized carbons (Fsp3) is 0.556. The molecule has 1 aliphatic carbocycles. The summed E-state index contributed by atoms with van der Waals surface area (Å²) in [5.41, 5.74) is 4.88. The molecule has 1 fully saturated rings. The number of hydrogen-bond acceptors (Lipinski definition) is 4. The van der Waals surface area contributed by atoms with Crippen LogP contribution in [-0.2, 0) is 9.59 Å². The Kier molecular flexibility index (Phi) is 6.90. The number of hydrogen-bond donors (Lipinski definition) is 2. The SMILES string of the molecule is CCOc1ccc(O[C@@H](C)C(=O)NNC(=O)CC2CCCC2)cc1. The minimum Gasteiger partial charge on any atom is -0.494 e. The molecule has 6 heteroatoms. The van der Waals surface area contributed by atoms with Crippen molar-refractivity contribution in [2.45, 2.75) is 52.1 Å². The molecule has 0 spiro atoms. The summed E-state index contributed by atoms with van der Waals surface area (Å²) in [7, 11) is 0. The highest BCUT2D eigenvalue weighted by Crippen LogP contribution is 2.27. The van der Waals surface area contributed by atoms with Crippen molar-refractivity contribution >= 4 is 11.8 Å². The number of carbonyl (C=O) groups excluding carboxylic acids is 2. The van der Waals surface area contributed by atoms with Crippen LogP contribution >= 0.6 is 0 Å². The lowest BCUT2D eigenvalue weighted by atomic mass is 10.0. The molecule has 1 saturated carbocycles. The molecule has 132 valence electrons. The van der Waals surface area contributed by atoms with Crippen LogP contribution in [0.25, 0.3) is 0 Å². The minimum absolute atomic E-state index is 0.150. The van der Waals surface area contributed by atoms with Gasteiger partial charge in [-0.25, -0.2) is 0 Å². The highest BCUT2D eigenvalue weighted by Gasteiger charge is 2.20. The van der Waals surface area contributed by atoms with Crippen LogP contribution in [0.3, 0.4) is 0 Å². The third kappa shape index (κ3) is 5.76. The van der Waals surface area contributed by atoms with Crippen LogP contribution in [0.4, 0.5) is 0 Å². The number of ether oxygens (including phenoxy) is 2. The van der Waals surface area contributed by atoms with E-state index >= 15 is 0 Å². The summed E-state index contributed by atoms with van der Waals surface area (Å²) >= 11 is 0. The van der Waals surface area contributed by atoms with E-state index in [1.54, 1.807) is 31.2 Å². The summed E-state index contributed by atoms with van der Waals surface area (Å²) in [6.07, 6.45) is 4.33. The first-order valence-electron chi connectivity index (χ1n) is 8.56. The lowest BCUT2D eigenvalue weighted by Crippen LogP contribution is -2.47. The Morgan fingerprint density at radius 2 is 1.75 bits per heavy atom. The highest BCUT2D eigenvalue weighted by atomic mass is 16.5. The monoisotopic (exact) mass is 334 g/mol. The van der Waals surface area contributed by atoms with Gasteiger partial charge in [0.1, 0.15) is 11.5 Å². The van der Waals surface area contributed by atoms with Crippen LogP contribution in [-0.4, -0.2) is 24.5 Å². The molecule has 0 radical (unpaired) electrons. The molecule has 6 nitrogen and oxygen atoms in total. The van der Waals surface area contributed by atoms with Gasteiger partial charge >= 0.3 is 0 Å². The Bertz CT molecular complexity index is 538. The van der Waals surface area contributed by atoms with E-state index in [-0.39, 0.29) is 11.8 Å². The normalized spacial score (nSPS) is 15.6. The Morgan fingerprint density at radius 1 is 1.12 bits per heavy atom. The van der Waals surface area contributed by atoms with Gasteiger partial charge in [0.05, 0.1) is 6.61 Å². The second-order valence-electron chi connectivity index (χ2n) is 6.06. The smallest absolute Gasteiger partial charge is 0.279 e. The third-order valence-corrected chi connectivity index (χ3v) is 4.09. The van der Waals surface area contributed by atoms with Crippen molar-refractivity contribution in [3.63, 3.8) is 0 Å². The molecular weight excluding hydrogens is 308 g/mol. The second-order valence-corrected chi connectivity index (χ2v) is 6.06. The summed E-state index contributed by atoms with van der Waals surface area (Å²) in [4.78, 5) is 23.8. The van der Waals surface area contributed by atoms with Crippen LogP contribution in [0.5, 0.6) is 11.5 Å². The van der Waals surface area contributed by atoms with Crippen molar-refractivity contribution in [3.05, 3.63) is 24.3 Å². The molecule has 1 aromatic carbocycles. The lowest BCUT2D eigenvalue weighted by Gasteiger charge is -2.16. The maximum atomic E-state index is 12.0. The number of rotatable bonds is 7. The van der Waals surface area contributed by atoms with Gasteiger partial charge in [0.2, 0.25) is 5.91 Å². The van der Waals surface area contributed by atoms with E-state index in [2.05, 4.69) is 10.9 Å². The number of nitrogens with one attached hydrogen (secondary N) is 2. The van der Waals surface area contributed by atoms with Crippen molar-refractivity contribution in [1.82, 2.24) is 10.9 Å². The van der Waals surface area contributed by atoms with Crippen molar-refractivity contribution in [2.24, 2.45) is 5.92 Å². The Hall–Kier alpha value is -2.24. The fourth-order valence-electron chi connectivity index (χ4n) is 2.80. The largest absolute Gasteiger partial charge is 0.494 e. The van der Waals surface area contributed by atoms with Gasteiger partial charge in [0.15, 0.2) is 6.10 Å². The lowest BCUT2D eigenvalue weighted by molar-refractivity contribution is -0.133. The van der Waals surface area contributed by atoms with E-state index in [1.807, 2.05) is 6.92 Å². The quantitative estimate of drug-likeness (QED) is 0.752.